The summed E-state index contributed by atoms with van der Waals surface area (Å²) in [6.07, 6.45) is -1.90. The van der Waals surface area contributed by atoms with Crippen LogP contribution in [0.1, 0.15) is 13.3 Å². The van der Waals surface area contributed by atoms with Gasteiger partial charge in [-0.2, -0.15) is 12.6 Å². The second kappa shape index (κ2) is 12.1. The van der Waals surface area contributed by atoms with E-state index in [-0.39, 0.29) is 5.75 Å². The second-order valence-corrected chi connectivity index (χ2v) is 6.19. The van der Waals surface area contributed by atoms with Crippen LogP contribution < -0.4 is 27.4 Å². The Balaban J connectivity index is 5.19. The lowest BCUT2D eigenvalue weighted by atomic mass is 10.1. The first-order valence-electron chi connectivity index (χ1n) is 8.02. The molecule has 0 radical (unpaired) electrons. The van der Waals surface area contributed by atoms with Crippen LogP contribution in [0, 0.1) is 0 Å². The van der Waals surface area contributed by atoms with Gasteiger partial charge in [-0.3, -0.25) is 19.2 Å². The van der Waals surface area contributed by atoms with E-state index in [0.29, 0.717) is 0 Å². The summed E-state index contributed by atoms with van der Waals surface area (Å²) in [6, 6.07) is -5.89. The third-order valence-electron chi connectivity index (χ3n) is 3.47. The lowest BCUT2D eigenvalue weighted by Gasteiger charge is -2.24. The average molecular weight is 423 g/mol. The molecule has 0 aromatic carbocycles. The van der Waals surface area contributed by atoms with Crippen LogP contribution in [0.2, 0.25) is 0 Å². The van der Waals surface area contributed by atoms with Gasteiger partial charge in [-0.15, -0.1) is 0 Å². The molecule has 0 bridgehead atoms. The number of aliphatic hydroxyl groups is 2. The third kappa shape index (κ3) is 8.51. The molecule has 10 N–H and O–H groups in total. The molecule has 0 fully saturated rings. The number of aliphatic hydroxyl groups excluding tert-OH is 2. The van der Waals surface area contributed by atoms with Crippen LogP contribution in [0.4, 0.5) is 0 Å². The Morgan fingerprint density at radius 3 is 1.82 bits per heavy atom. The van der Waals surface area contributed by atoms with Crippen molar-refractivity contribution >= 4 is 42.2 Å². The number of aliphatic carboxylic acids is 1. The monoisotopic (exact) mass is 423 g/mol. The highest BCUT2D eigenvalue weighted by Crippen LogP contribution is 1.98. The topological polar surface area (TPSA) is 234 Å². The van der Waals surface area contributed by atoms with Crippen LogP contribution in [0.3, 0.4) is 0 Å². The van der Waals surface area contributed by atoms with Gasteiger partial charge in [-0.1, -0.05) is 0 Å². The van der Waals surface area contributed by atoms with Crippen LogP contribution in [0.15, 0.2) is 0 Å². The zero-order valence-corrected chi connectivity index (χ0v) is 15.9. The minimum atomic E-state index is -1.58. The summed E-state index contributed by atoms with van der Waals surface area (Å²) >= 11 is 3.76. The predicted molar refractivity (Wildman–Crippen MR) is 97.8 cm³/mol. The summed E-state index contributed by atoms with van der Waals surface area (Å²) < 4.78 is 0. The zero-order valence-electron chi connectivity index (χ0n) is 15.0. The van der Waals surface area contributed by atoms with E-state index in [2.05, 4.69) is 28.6 Å². The van der Waals surface area contributed by atoms with Gasteiger partial charge in [0.2, 0.25) is 23.6 Å². The lowest BCUT2D eigenvalue weighted by Crippen LogP contribution is -2.59. The van der Waals surface area contributed by atoms with E-state index in [1.54, 1.807) is 0 Å². The standard InChI is InChI=1S/C14H25N5O8S/c1-5(21)10(16)13(25)17-6(2-9(15)22)11(23)18-7(3-20)12(24)19-8(4-28)14(26)27/h5-8,10,20-21,28H,2-4,16H2,1H3,(H2,15,22)(H,17,25)(H,18,23)(H,19,24)(H,26,27). The van der Waals surface area contributed by atoms with Gasteiger partial charge in [0.25, 0.3) is 0 Å². The van der Waals surface area contributed by atoms with E-state index >= 15 is 0 Å². The van der Waals surface area contributed by atoms with Gasteiger partial charge < -0.3 is 42.7 Å². The van der Waals surface area contributed by atoms with Crippen LogP contribution in [-0.2, 0) is 24.0 Å². The average Bonchev–Trinajstić information content (AvgIpc) is 2.61. The van der Waals surface area contributed by atoms with E-state index in [9.17, 15) is 34.2 Å². The third-order valence-corrected chi connectivity index (χ3v) is 3.84. The van der Waals surface area contributed by atoms with Crippen molar-refractivity contribution in [2.24, 2.45) is 11.5 Å². The predicted octanol–water partition coefficient (Wildman–Crippen LogP) is -4.97. The van der Waals surface area contributed by atoms with E-state index in [4.69, 9.17) is 16.6 Å². The second-order valence-electron chi connectivity index (χ2n) is 5.82. The molecule has 28 heavy (non-hydrogen) atoms. The Labute approximate surface area is 165 Å². The van der Waals surface area contributed by atoms with Gasteiger partial charge in [-0.05, 0) is 6.92 Å². The van der Waals surface area contributed by atoms with Gasteiger partial charge in [-0.25, -0.2) is 4.79 Å². The molecule has 14 heteroatoms. The van der Waals surface area contributed by atoms with Crippen molar-refractivity contribution in [3.8, 4) is 0 Å². The number of hydrogen-bond acceptors (Lipinski definition) is 9. The Bertz CT molecular complexity index is 602. The first-order valence-corrected chi connectivity index (χ1v) is 8.65. The van der Waals surface area contributed by atoms with Crippen molar-refractivity contribution in [2.45, 2.75) is 43.6 Å². The molecule has 5 unspecified atom stereocenters. The van der Waals surface area contributed by atoms with Crippen molar-refractivity contribution < 1.29 is 39.3 Å². The molecule has 0 rings (SSSR count). The molecule has 0 saturated heterocycles. The summed E-state index contributed by atoms with van der Waals surface area (Å²) in [5, 5.41) is 33.7. The minimum absolute atomic E-state index is 0.245. The molecule has 0 spiro atoms. The van der Waals surface area contributed by atoms with Gasteiger partial charge in [0.1, 0.15) is 24.2 Å². The zero-order chi connectivity index (χ0) is 22.0. The van der Waals surface area contributed by atoms with E-state index in [0.717, 1.165) is 0 Å². The normalized spacial score (nSPS) is 16.0. The van der Waals surface area contributed by atoms with E-state index < -0.39 is 72.9 Å². The molecule has 0 aromatic heterocycles. The molecule has 0 aliphatic carbocycles. The Morgan fingerprint density at radius 2 is 1.43 bits per heavy atom. The number of nitrogens with one attached hydrogen (secondary N) is 3. The van der Waals surface area contributed by atoms with E-state index in [1.165, 1.54) is 6.92 Å². The van der Waals surface area contributed by atoms with Crippen molar-refractivity contribution in [2.75, 3.05) is 12.4 Å². The SMILES string of the molecule is CC(O)C(N)C(=O)NC(CC(N)=O)C(=O)NC(CO)C(=O)NC(CS)C(=O)O. The molecular formula is C14H25N5O8S. The quantitative estimate of drug-likeness (QED) is 0.136. The number of primary amides is 1. The van der Waals surface area contributed by atoms with Gasteiger partial charge in [0.15, 0.2) is 0 Å². The number of carbonyl (C=O) groups excluding carboxylic acids is 4. The number of hydrogen-bond donors (Lipinski definition) is 9. The Kier molecular flexibility index (Phi) is 11.1. The van der Waals surface area contributed by atoms with Crippen LogP contribution in [0.25, 0.3) is 0 Å². The van der Waals surface area contributed by atoms with Crippen molar-refractivity contribution in [3.63, 3.8) is 0 Å². The Hall–Kier alpha value is -2.42. The first kappa shape index (κ1) is 25.6. The number of carboxylic acid groups (broad SMARTS) is 1. The van der Waals surface area contributed by atoms with Crippen molar-refractivity contribution in [1.29, 1.82) is 0 Å². The fraction of sp³-hybridized carbons (Fsp3) is 0.643. The number of nitrogens with two attached hydrogens (primary N) is 2. The maximum absolute atomic E-state index is 12.3. The largest absolute Gasteiger partial charge is 0.480 e. The lowest BCUT2D eigenvalue weighted by molar-refractivity contribution is -0.142. The van der Waals surface area contributed by atoms with Crippen molar-refractivity contribution in [3.05, 3.63) is 0 Å². The van der Waals surface area contributed by atoms with Crippen LogP contribution in [0.5, 0.6) is 0 Å². The van der Waals surface area contributed by atoms with Crippen LogP contribution >= 0.6 is 12.6 Å². The molecular weight excluding hydrogens is 398 g/mol. The van der Waals surface area contributed by atoms with E-state index in [1.807, 2.05) is 0 Å². The number of carboxylic acids is 1. The molecule has 4 amide bonds. The van der Waals surface area contributed by atoms with Gasteiger partial charge >= 0.3 is 5.97 Å². The summed E-state index contributed by atoms with van der Waals surface area (Å²) in [4.78, 5) is 58.3. The highest BCUT2D eigenvalue weighted by atomic mass is 32.1. The first-order chi connectivity index (χ1) is 12.9. The highest BCUT2D eigenvalue weighted by molar-refractivity contribution is 7.80. The maximum Gasteiger partial charge on any atom is 0.327 e. The molecule has 0 aromatic rings. The number of thiol groups is 1. The summed E-state index contributed by atoms with van der Waals surface area (Å²) in [5.41, 5.74) is 10.5. The minimum Gasteiger partial charge on any atom is -0.480 e. The molecule has 5 atom stereocenters. The molecule has 13 nitrogen and oxygen atoms in total. The smallest absolute Gasteiger partial charge is 0.327 e. The molecule has 0 heterocycles. The summed E-state index contributed by atoms with van der Waals surface area (Å²) in [5.74, 6) is -5.62. The van der Waals surface area contributed by atoms with Gasteiger partial charge in [0.05, 0.1) is 19.1 Å². The molecule has 0 saturated carbocycles. The van der Waals surface area contributed by atoms with Crippen LogP contribution in [-0.4, -0.2) is 87.5 Å². The number of amides is 4. The fourth-order valence-corrected chi connectivity index (χ4v) is 2.07. The maximum atomic E-state index is 12.3. The molecule has 0 aliphatic heterocycles. The summed E-state index contributed by atoms with van der Waals surface area (Å²) in [6.45, 7) is 0.334. The molecule has 160 valence electrons. The number of rotatable bonds is 12. The highest BCUT2D eigenvalue weighted by Gasteiger charge is 2.31. The summed E-state index contributed by atoms with van der Waals surface area (Å²) in [7, 11) is 0. The molecule has 0 aliphatic rings. The van der Waals surface area contributed by atoms with Gasteiger partial charge in [0, 0.05) is 5.75 Å². The Morgan fingerprint density at radius 1 is 0.964 bits per heavy atom. The number of carbonyl (C=O) groups is 5. The fourth-order valence-electron chi connectivity index (χ4n) is 1.82. The van der Waals surface area contributed by atoms with Crippen molar-refractivity contribution in [1.82, 2.24) is 16.0 Å².